The van der Waals surface area contributed by atoms with Crippen molar-refractivity contribution in [2.45, 2.75) is 0 Å². The molecule has 0 aromatic carbocycles. The second kappa shape index (κ2) is 86.7. The van der Waals surface area contributed by atoms with E-state index >= 15 is 0 Å². The van der Waals surface area contributed by atoms with Gasteiger partial charge in [-0.25, -0.2) is 0 Å². The zero-order chi connectivity index (χ0) is 65.8. The van der Waals surface area contributed by atoms with Crippen LogP contribution in [0.3, 0.4) is 0 Å². The van der Waals surface area contributed by atoms with Crippen LogP contribution in [0.2, 0.25) is 0 Å². The van der Waals surface area contributed by atoms with Crippen molar-refractivity contribution in [2.24, 2.45) is 0 Å². The Labute approximate surface area is 1040 Å². The molecular weight excluding hydrogens is 10500 g/mol. The molecule has 0 aromatic rings. The summed E-state index contributed by atoms with van der Waals surface area (Å²) in [5.74, 6) is 0. The zero-order valence-electron chi connectivity index (χ0n) is 31.4. The fraction of sp³-hybridized carbons (Fsp3) is 0. The first-order valence-corrected chi connectivity index (χ1v) is 527. The van der Waals surface area contributed by atoms with E-state index in [4.69, 9.17) is 0 Å². The van der Waals surface area contributed by atoms with E-state index in [0.717, 1.165) is 0 Å². The number of hydrogen-bond acceptors (Lipinski definition) is 0. The first-order valence-electron chi connectivity index (χ1n) is 11.7. The van der Waals surface area contributed by atoms with E-state index in [-0.39, 0.29) is 0 Å². The molecule has 0 atom stereocenters. The van der Waals surface area contributed by atoms with Crippen molar-refractivity contribution in [3.63, 3.8) is 0 Å². The fourth-order valence-electron chi connectivity index (χ4n) is 1.19. The quantitative estimate of drug-likeness (QED) is 0.0537. The van der Waals surface area contributed by atoms with Gasteiger partial charge in [-0.05, 0) is 0 Å². The fourth-order valence-corrected chi connectivity index (χ4v) is 16100. The molecule has 0 bridgehead atoms. The predicted molar refractivity (Wildman–Crippen MR) is 1150 cm³/mol. The van der Waals surface area contributed by atoms with Crippen molar-refractivity contribution >= 4 is 1100 Å². The van der Waals surface area contributed by atoms with Crippen molar-refractivity contribution in [2.75, 3.05) is 0 Å². The molecule has 0 aliphatic rings. The Kier molecular flexibility index (Phi) is 150. The van der Waals surface area contributed by atoms with E-state index in [1.165, 1.54) is 0 Å². The average molecular weight is 10500 g/mol. The summed E-state index contributed by atoms with van der Waals surface area (Å²) in [7, 11) is -23.6. The maximum absolute atomic E-state index is 3.46. The monoisotopic (exact) mass is 10500 g/mol. The van der Waals surface area contributed by atoms with E-state index in [0.29, 0.717) is 13.3 Å². The minimum absolute atomic E-state index is 0.417. The molecule has 0 nitrogen and oxygen atoms in total. The summed E-state index contributed by atoms with van der Waals surface area (Å²) in [6, 6.07) is 0. The molecule has 0 saturated carbocycles. The summed E-state index contributed by atoms with van der Waals surface area (Å²) in [6.45, 7) is 0. The molecule has 0 radical (unpaired) electrons. The van der Waals surface area contributed by atoms with Gasteiger partial charge in [0, 0.05) is 0 Å². The van der Waals surface area contributed by atoms with Gasteiger partial charge in [0.2, 0.25) is 0 Å². The Bertz CT molecular complexity index is 1670. The van der Waals surface area contributed by atoms with Gasteiger partial charge >= 0.3 is 1110 Å². The third-order valence-electron chi connectivity index (χ3n) is 3.22. The molecule has 83 heteroatoms. The summed E-state index contributed by atoms with van der Waals surface area (Å²) in [6.07, 6.45) is 0. The van der Waals surface area contributed by atoms with E-state index in [1.54, 1.807) is 0 Å². The minimum atomic E-state index is -0.641. The summed E-state index contributed by atoms with van der Waals surface area (Å²) in [4.78, 5) is 0. The molecule has 0 unspecified atom stereocenters. The van der Waals surface area contributed by atoms with Crippen molar-refractivity contribution in [1.29, 1.82) is 0 Å². The first-order chi connectivity index (χ1) is 37.8. The van der Waals surface area contributed by atoms with Gasteiger partial charge in [-0.15, -0.1) is 0 Å². The van der Waals surface area contributed by atoms with Crippen LogP contribution in [0.25, 0.3) is 0 Å². The van der Waals surface area contributed by atoms with E-state index in [1.807, 2.05) is 0 Å². The van der Waals surface area contributed by atoms with Crippen molar-refractivity contribution in [1.82, 2.24) is 0 Å². The van der Waals surface area contributed by atoms with E-state index in [2.05, 4.69) is 782 Å². The average Bonchev–Trinajstić information content (AvgIpc) is 3.55. The van der Waals surface area contributed by atoms with Crippen molar-refractivity contribution < 1.29 is 13.3 Å². The second-order valence-corrected chi connectivity index (χ2v) is 1970. The van der Waals surface area contributed by atoms with Gasteiger partial charge in [-0.3, -0.25) is 0 Å². The molecule has 0 aromatic heterocycles. The maximum atomic E-state index is 3.46. The molecule has 0 aliphatic carbocycles. The van der Waals surface area contributed by atoms with Gasteiger partial charge in [0.25, 0.3) is 0 Å². The molecule has 0 N–H and O–H groups in total. The van der Waals surface area contributed by atoms with Gasteiger partial charge < -0.3 is 0 Å². The number of hydrogen-bond donors (Lipinski definition) is 0. The summed E-state index contributed by atoms with van der Waals surface area (Å²) >= 11 is 142. The van der Waals surface area contributed by atoms with Crippen LogP contribution in [0, 0.1) is 0 Å². The standard InChI is InChI=1S/I83/c1-43-45(4)47(6)49(8)51(10)53(12)55(14)57(16)59(18)61(20)63(22)65(24)67(26)69(28)71(30)73(32)75(34)77(36)79(38)81(40)83(42)82(41)80(39)78(37)76(35)74(33)72(31)70(29)68(27)66(25)64(23)62(21)60(19)58(17)56(15)54(13)52(11)50(9)48(7)46(5)44(2)3/q-1. The molecular formula is I83-. The molecule has 582 valence electrons. The van der Waals surface area contributed by atoms with Crippen molar-refractivity contribution in [3.8, 4) is 0 Å². The zero-order valence-corrected chi connectivity index (χ0v) is 210. The van der Waals surface area contributed by atoms with E-state index in [9.17, 15) is 0 Å². The molecule has 0 spiro atoms. The van der Waals surface area contributed by atoms with Gasteiger partial charge in [0.1, 0.15) is 0 Å². The van der Waals surface area contributed by atoms with Crippen molar-refractivity contribution in [3.05, 3.63) is 0 Å². The molecule has 0 heterocycles. The summed E-state index contributed by atoms with van der Waals surface area (Å²) in [5, 5.41) is 0. The Balaban J connectivity index is 5.82. The van der Waals surface area contributed by atoms with Gasteiger partial charge in [-0.1, -0.05) is 0 Å². The Morgan fingerprint density at radius 1 is 0.108 bits per heavy atom. The van der Waals surface area contributed by atoms with Gasteiger partial charge in [0.15, 0.2) is 0 Å². The normalized spacial score (nSPS) is 19.1. The number of rotatable bonds is 40. The number of halogens is 83. The van der Waals surface area contributed by atoms with Crippen LogP contribution in [-0.2, 0) is 0 Å². The first kappa shape index (κ1) is 144. The molecule has 0 fully saturated rings. The van der Waals surface area contributed by atoms with Crippen LogP contribution in [0.1, 0.15) is 0 Å². The molecule has 0 aliphatic heterocycles. The third-order valence-corrected chi connectivity index (χ3v) is 6530. The second-order valence-electron chi connectivity index (χ2n) is 6.53. The van der Waals surface area contributed by atoms with Crippen LogP contribution < -0.4 is 13.3 Å². The molecule has 0 saturated heterocycles. The summed E-state index contributed by atoms with van der Waals surface area (Å²) < 4.78 is 0. The summed E-state index contributed by atoms with van der Waals surface area (Å²) in [5.41, 5.74) is 0. The van der Waals surface area contributed by atoms with Crippen LogP contribution in [0.15, 0.2) is 0 Å². The molecule has 0 amide bonds. The van der Waals surface area contributed by atoms with Crippen LogP contribution in [-0.4, -0.2) is 0 Å². The van der Waals surface area contributed by atoms with Crippen LogP contribution >= 0.6 is 1100 Å². The van der Waals surface area contributed by atoms with Crippen LogP contribution in [0.4, 0.5) is 0 Å². The Hall–Kier alpha value is 60.6. The molecule has 0 rings (SSSR count). The van der Waals surface area contributed by atoms with E-state index < -0.39 is 316 Å². The van der Waals surface area contributed by atoms with Gasteiger partial charge in [0.05, 0.1) is 0 Å². The third kappa shape index (κ3) is 59.0. The predicted octanol–water partition coefficient (Wildman–Crippen LogP) is 69.6. The van der Waals surface area contributed by atoms with Gasteiger partial charge in [-0.2, -0.15) is 0 Å². The molecule has 83 heavy (non-hydrogen) atoms. The SMILES string of the molecule is I[I-]I(I)I(I)I(I)I(I)I(I)I(I)I(I)I(I)I(I)I(I)I(I)I(I)I(I)I(I)I(I)I(I)I(I)I(I)I(I)I(I)I(I)I(I)I(I)I(I)I(I)I(I)I(I)I(I)I(I)I(I)I(I)I(I)I(I)I(I)I(I)I(I)I(I)I(I)I(I)I(I)I. The Morgan fingerprint density at radius 3 is 0.253 bits per heavy atom. The van der Waals surface area contributed by atoms with Crippen LogP contribution in [0.5, 0.6) is 0 Å². The topological polar surface area (TPSA) is 0 Å². The Morgan fingerprint density at radius 2 is 0.181 bits per heavy atom.